The van der Waals surface area contributed by atoms with Crippen molar-refractivity contribution < 1.29 is 15.0 Å². The van der Waals surface area contributed by atoms with Crippen LogP contribution < -0.4 is 14.9 Å². The summed E-state index contributed by atoms with van der Waals surface area (Å²) >= 11 is 5.88. The number of allylic oxidation sites excluding steroid dienone is 1. The highest BCUT2D eigenvalue weighted by molar-refractivity contribution is 9.10. The molecule has 0 amide bonds. The molecule has 9 heteroatoms. The van der Waals surface area contributed by atoms with Gasteiger partial charge in [-0.15, -0.1) is 11.3 Å². The first-order valence-corrected chi connectivity index (χ1v) is 10.6. The lowest BCUT2D eigenvalue weighted by Crippen LogP contribution is -2.39. The van der Waals surface area contributed by atoms with Crippen molar-refractivity contribution in [3.8, 4) is 5.75 Å². The molecular formula is C19H13BrN2O4S2. The zero-order chi connectivity index (χ0) is 20.0. The molecule has 0 fully saturated rings. The van der Waals surface area contributed by atoms with Gasteiger partial charge in [0.05, 0.1) is 20.3 Å². The number of fused-ring (bicyclic) bond motifs is 1. The average molecular weight is 477 g/mol. The zero-order valence-electron chi connectivity index (χ0n) is 14.4. The molecule has 0 saturated carbocycles. The van der Waals surface area contributed by atoms with E-state index in [0.717, 1.165) is 10.4 Å². The molecule has 0 aliphatic carbocycles. The first-order chi connectivity index (χ1) is 13.4. The van der Waals surface area contributed by atoms with Gasteiger partial charge in [-0.2, -0.15) is 0 Å². The number of nitrogens with zero attached hydrogens (tertiary/aromatic N) is 2. The molecule has 1 unspecified atom stereocenters. The highest BCUT2D eigenvalue weighted by Crippen LogP contribution is 2.32. The van der Waals surface area contributed by atoms with Gasteiger partial charge in [-0.05, 0) is 58.1 Å². The maximum Gasteiger partial charge on any atom is 0.335 e. The largest absolute Gasteiger partial charge is 0.507 e. The van der Waals surface area contributed by atoms with Crippen LogP contribution in [0.5, 0.6) is 5.75 Å². The molecule has 0 spiro atoms. The fraction of sp³-hybridized carbons (Fsp3) is 0.105. The highest BCUT2D eigenvalue weighted by atomic mass is 79.9. The number of aromatic hydroxyl groups is 1. The number of carboxylic acids is 1. The van der Waals surface area contributed by atoms with E-state index >= 15 is 0 Å². The van der Waals surface area contributed by atoms with Gasteiger partial charge in [0.15, 0.2) is 4.80 Å². The molecule has 142 valence electrons. The van der Waals surface area contributed by atoms with Crippen LogP contribution in [-0.2, 0) is 4.79 Å². The number of rotatable bonds is 3. The summed E-state index contributed by atoms with van der Waals surface area (Å²) in [7, 11) is 0. The molecule has 1 atom stereocenters. The number of halogens is 1. The fourth-order valence-electron chi connectivity index (χ4n) is 3.08. The SMILES string of the molecule is CC1=C(C(=O)O)C(c2cccs2)n2c(s/c(=C\c3ccc(O)c(Br)c3)c2=O)=N1. The Bertz CT molecular complexity index is 1300. The smallest absolute Gasteiger partial charge is 0.335 e. The van der Waals surface area contributed by atoms with Crippen molar-refractivity contribution in [3.63, 3.8) is 0 Å². The molecule has 2 aromatic heterocycles. The molecule has 4 rings (SSSR count). The van der Waals surface area contributed by atoms with Gasteiger partial charge in [-0.3, -0.25) is 9.36 Å². The number of aromatic nitrogens is 1. The van der Waals surface area contributed by atoms with E-state index in [1.807, 2.05) is 17.5 Å². The molecule has 0 bridgehead atoms. The van der Waals surface area contributed by atoms with Gasteiger partial charge in [-0.25, -0.2) is 9.79 Å². The first-order valence-electron chi connectivity index (χ1n) is 8.14. The summed E-state index contributed by atoms with van der Waals surface area (Å²) in [5.74, 6) is -0.977. The van der Waals surface area contributed by atoms with Gasteiger partial charge in [0.2, 0.25) is 0 Å². The molecule has 3 heterocycles. The Morgan fingerprint density at radius 3 is 2.79 bits per heavy atom. The molecule has 3 aromatic rings. The van der Waals surface area contributed by atoms with Crippen LogP contribution in [-0.4, -0.2) is 20.7 Å². The minimum Gasteiger partial charge on any atom is -0.507 e. The number of benzene rings is 1. The van der Waals surface area contributed by atoms with Gasteiger partial charge >= 0.3 is 5.97 Å². The van der Waals surface area contributed by atoms with E-state index in [1.54, 1.807) is 25.1 Å². The summed E-state index contributed by atoms with van der Waals surface area (Å²) in [4.78, 5) is 30.7. The van der Waals surface area contributed by atoms with Gasteiger partial charge in [0.25, 0.3) is 5.56 Å². The number of hydrogen-bond donors (Lipinski definition) is 2. The fourth-order valence-corrected chi connectivity index (χ4v) is 5.34. The second-order valence-electron chi connectivity index (χ2n) is 6.11. The van der Waals surface area contributed by atoms with E-state index in [-0.39, 0.29) is 16.9 Å². The maximum atomic E-state index is 13.2. The molecule has 1 aliphatic rings. The van der Waals surface area contributed by atoms with E-state index in [1.165, 1.54) is 33.3 Å². The summed E-state index contributed by atoms with van der Waals surface area (Å²) in [6, 6.07) is 7.89. The minimum atomic E-state index is -1.09. The Hall–Kier alpha value is -2.49. The third-order valence-corrected chi connectivity index (χ3v) is 6.88. The highest BCUT2D eigenvalue weighted by Gasteiger charge is 2.32. The van der Waals surface area contributed by atoms with Crippen molar-refractivity contribution in [1.82, 2.24) is 4.57 Å². The normalized spacial score (nSPS) is 16.8. The maximum absolute atomic E-state index is 13.2. The molecule has 1 aliphatic heterocycles. The Morgan fingerprint density at radius 1 is 1.36 bits per heavy atom. The summed E-state index contributed by atoms with van der Waals surface area (Å²) in [5.41, 5.74) is 0.939. The van der Waals surface area contributed by atoms with Gasteiger partial charge < -0.3 is 10.2 Å². The second-order valence-corrected chi connectivity index (χ2v) is 8.96. The molecule has 6 nitrogen and oxygen atoms in total. The minimum absolute atomic E-state index is 0.105. The predicted octanol–water partition coefficient (Wildman–Crippen LogP) is 2.85. The van der Waals surface area contributed by atoms with Crippen LogP contribution in [0.4, 0.5) is 0 Å². The second kappa shape index (κ2) is 7.16. The van der Waals surface area contributed by atoms with E-state index in [4.69, 9.17) is 0 Å². The van der Waals surface area contributed by atoms with Crippen molar-refractivity contribution in [2.75, 3.05) is 0 Å². The number of phenolic OH excluding ortho intramolecular Hbond substituents is 1. The molecule has 0 radical (unpaired) electrons. The van der Waals surface area contributed by atoms with Crippen LogP contribution in [0.3, 0.4) is 0 Å². The summed E-state index contributed by atoms with van der Waals surface area (Å²) < 4.78 is 2.42. The average Bonchev–Trinajstić information content (AvgIpc) is 3.26. The number of thiazole rings is 1. The predicted molar refractivity (Wildman–Crippen MR) is 112 cm³/mol. The lowest BCUT2D eigenvalue weighted by atomic mass is 10.0. The lowest BCUT2D eigenvalue weighted by Gasteiger charge is -2.21. The Morgan fingerprint density at radius 2 is 2.14 bits per heavy atom. The summed E-state index contributed by atoms with van der Waals surface area (Å²) in [6.07, 6.45) is 1.71. The van der Waals surface area contributed by atoms with Gasteiger partial charge in [0, 0.05) is 4.88 Å². The number of carbonyl (C=O) groups is 1. The summed E-state index contributed by atoms with van der Waals surface area (Å²) in [5, 5.41) is 21.2. The molecule has 1 aromatic carbocycles. The van der Waals surface area contributed by atoms with Crippen molar-refractivity contribution in [3.05, 3.63) is 81.6 Å². The van der Waals surface area contributed by atoms with E-state index in [9.17, 15) is 19.8 Å². The Labute approximate surface area is 175 Å². The van der Waals surface area contributed by atoms with E-state index in [2.05, 4.69) is 20.9 Å². The topological polar surface area (TPSA) is 91.9 Å². The number of aliphatic carboxylic acids is 1. The first kappa shape index (κ1) is 18.9. The molecule has 28 heavy (non-hydrogen) atoms. The van der Waals surface area contributed by atoms with Crippen molar-refractivity contribution in [1.29, 1.82) is 0 Å². The Balaban J connectivity index is 1.97. The van der Waals surface area contributed by atoms with Gasteiger partial charge in [-0.1, -0.05) is 23.5 Å². The standard InChI is InChI=1S/C19H13BrN2O4S2/c1-9-15(18(25)26)16(13-3-2-6-27-13)22-17(24)14(28-19(22)21-9)8-10-4-5-12(23)11(20)7-10/h2-8,16,23H,1H3,(H,25,26)/b14-8-. The number of phenols is 1. The third-order valence-electron chi connectivity index (χ3n) is 4.33. The molecular weight excluding hydrogens is 464 g/mol. The number of thiophene rings is 1. The van der Waals surface area contributed by atoms with Crippen LogP contribution in [0.2, 0.25) is 0 Å². The third kappa shape index (κ3) is 3.15. The number of carboxylic acid groups (broad SMARTS) is 1. The van der Waals surface area contributed by atoms with Crippen molar-refractivity contribution in [2.45, 2.75) is 13.0 Å². The van der Waals surface area contributed by atoms with E-state index in [0.29, 0.717) is 19.5 Å². The quantitative estimate of drug-likeness (QED) is 0.607. The van der Waals surface area contributed by atoms with Gasteiger partial charge in [0.1, 0.15) is 11.8 Å². The van der Waals surface area contributed by atoms with Crippen LogP contribution in [0, 0.1) is 0 Å². The zero-order valence-corrected chi connectivity index (χ0v) is 17.6. The Kier molecular flexibility index (Phi) is 4.82. The lowest BCUT2D eigenvalue weighted by molar-refractivity contribution is -0.133. The van der Waals surface area contributed by atoms with Crippen molar-refractivity contribution >= 4 is 50.6 Å². The summed E-state index contributed by atoms with van der Waals surface area (Å²) in [6.45, 7) is 1.65. The van der Waals surface area contributed by atoms with Crippen molar-refractivity contribution in [2.24, 2.45) is 4.99 Å². The molecule has 2 N–H and O–H groups in total. The number of hydrogen-bond acceptors (Lipinski definition) is 6. The monoisotopic (exact) mass is 476 g/mol. The van der Waals surface area contributed by atoms with E-state index < -0.39 is 12.0 Å². The van der Waals surface area contributed by atoms with Crippen LogP contribution in [0.1, 0.15) is 23.4 Å². The van der Waals surface area contributed by atoms with Crippen LogP contribution in [0.15, 0.2) is 61.2 Å². The molecule has 0 saturated heterocycles. The van der Waals surface area contributed by atoms with Crippen LogP contribution in [0.25, 0.3) is 6.08 Å². The van der Waals surface area contributed by atoms with Crippen LogP contribution >= 0.6 is 38.6 Å².